The molecule has 0 saturated carbocycles. The van der Waals surface area contributed by atoms with Gasteiger partial charge in [-0.1, -0.05) is 34.1 Å². The fraction of sp³-hybridized carbons (Fsp3) is 0.176. The summed E-state index contributed by atoms with van der Waals surface area (Å²) in [6, 6.07) is 10.3. The van der Waals surface area contributed by atoms with Crippen LogP contribution in [0, 0.1) is 11.6 Å². The first-order valence-corrected chi connectivity index (χ1v) is 7.85. The van der Waals surface area contributed by atoms with Gasteiger partial charge in [-0.25, -0.2) is 8.78 Å². The fourth-order valence-corrected chi connectivity index (χ4v) is 2.17. The molecule has 0 aliphatic rings. The van der Waals surface area contributed by atoms with Crippen molar-refractivity contribution in [3.63, 3.8) is 0 Å². The zero-order valence-electron chi connectivity index (χ0n) is 12.7. The summed E-state index contributed by atoms with van der Waals surface area (Å²) in [5.41, 5.74) is 0.147. The molecule has 126 valence electrons. The van der Waals surface area contributed by atoms with E-state index in [4.69, 9.17) is 4.74 Å². The molecule has 0 aliphatic carbocycles. The second-order valence-corrected chi connectivity index (χ2v) is 5.94. The zero-order chi connectivity index (χ0) is 17.7. The van der Waals surface area contributed by atoms with Gasteiger partial charge in [0.15, 0.2) is 6.10 Å². The Labute approximate surface area is 145 Å². The number of halogens is 3. The number of esters is 1. The Morgan fingerprint density at radius 3 is 2.29 bits per heavy atom. The number of amides is 1. The molecule has 0 bridgehead atoms. The van der Waals surface area contributed by atoms with Crippen LogP contribution in [0.3, 0.4) is 0 Å². The predicted molar refractivity (Wildman–Crippen MR) is 88.4 cm³/mol. The molecule has 24 heavy (non-hydrogen) atoms. The summed E-state index contributed by atoms with van der Waals surface area (Å²) in [5, 5.41) is 2.08. The molecule has 2 aromatic carbocycles. The summed E-state index contributed by atoms with van der Waals surface area (Å²) in [6.07, 6.45) is -1.20. The van der Waals surface area contributed by atoms with E-state index in [2.05, 4.69) is 21.2 Å². The summed E-state index contributed by atoms with van der Waals surface area (Å²) in [6.45, 7) is 1.33. The Bertz CT molecular complexity index is 730. The normalized spacial score (nSPS) is 11.7. The second-order valence-electron chi connectivity index (χ2n) is 5.02. The third-order valence-corrected chi connectivity index (χ3v) is 3.68. The molecule has 1 atom stereocenters. The lowest BCUT2D eigenvalue weighted by Gasteiger charge is -2.14. The highest BCUT2D eigenvalue weighted by molar-refractivity contribution is 9.10. The molecule has 1 N–H and O–H groups in total. The SMILES string of the molecule is CC(OC(=O)Cc1ccc(Br)cc1)C(=O)Nc1c(F)cccc1F. The van der Waals surface area contributed by atoms with Crippen LogP contribution >= 0.6 is 15.9 Å². The summed E-state index contributed by atoms with van der Waals surface area (Å²) < 4.78 is 32.8. The minimum atomic E-state index is -1.19. The van der Waals surface area contributed by atoms with Crippen LogP contribution in [-0.4, -0.2) is 18.0 Å². The Morgan fingerprint density at radius 1 is 1.12 bits per heavy atom. The lowest BCUT2D eigenvalue weighted by Crippen LogP contribution is -2.31. The molecule has 0 fully saturated rings. The Kier molecular flexibility index (Phi) is 6.03. The average Bonchev–Trinajstić information content (AvgIpc) is 2.53. The van der Waals surface area contributed by atoms with E-state index in [0.29, 0.717) is 0 Å². The highest BCUT2D eigenvalue weighted by Gasteiger charge is 2.20. The number of carbonyl (C=O) groups is 2. The van der Waals surface area contributed by atoms with Crippen molar-refractivity contribution in [3.8, 4) is 0 Å². The van der Waals surface area contributed by atoms with Gasteiger partial charge in [-0.2, -0.15) is 0 Å². The van der Waals surface area contributed by atoms with E-state index < -0.39 is 35.3 Å². The molecule has 0 radical (unpaired) electrons. The summed E-state index contributed by atoms with van der Waals surface area (Å²) in [5.74, 6) is -3.24. The van der Waals surface area contributed by atoms with E-state index in [1.165, 1.54) is 13.0 Å². The number of rotatable bonds is 5. The highest BCUT2D eigenvalue weighted by Crippen LogP contribution is 2.18. The fourth-order valence-electron chi connectivity index (χ4n) is 1.90. The van der Waals surface area contributed by atoms with Crippen LogP contribution in [0.15, 0.2) is 46.9 Å². The molecular formula is C17H14BrF2NO3. The molecule has 7 heteroatoms. The van der Waals surface area contributed by atoms with Crippen molar-refractivity contribution < 1.29 is 23.1 Å². The minimum Gasteiger partial charge on any atom is -0.452 e. The first-order valence-electron chi connectivity index (χ1n) is 7.05. The molecule has 1 unspecified atom stereocenters. The number of benzene rings is 2. The number of ether oxygens (including phenoxy) is 1. The molecule has 1 amide bonds. The number of hydrogen-bond acceptors (Lipinski definition) is 3. The maximum absolute atomic E-state index is 13.5. The Hall–Kier alpha value is -2.28. The van der Waals surface area contributed by atoms with Gasteiger partial charge in [0.25, 0.3) is 5.91 Å². The molecule has 0 aliphatic heterocycles. The van der Waals surface area contributed by atoms with Crippen molar-refractivity contribution >= 4 is 33.5 Å². The largest absolute Gasteiger partial charge is 0.452 e. The van der Waals surface area contributed by atoms with E-state index >= 15 is 0 Å². The maximum Gasteiger partial charge on any atom is 0.311 e. The van der Waals surface area contributed by atoms with Gasteiger partial charge >= 0.3 is 5.97 Å². The van der Waals surface area contributed by atoms with Gasteiger partial charge < -0.3 is 10.1 Å². The van der Waals surface area contributed by atoms with E-state index in [1.54, 1.807) is 24.3 Å². The summed E-state index contributed by atoms with van der Waals surface area (Å²) >= 11 is 3.28. The lowest BCUT2D eigenvalue weighted by molar-refractivity contribution is -0.152. The van der Waals surface area contributed by atoms with Gasteiger partial charge in [0.1, 0.15) is 17.3 Å². The van der Waals surface area contributed by atoms with Gasteiger partial charge in [0.2, 0.25) is 0 Å². The van der Waals surface area contributed by atoms with Crippen LogP contribution in [0.4, 0.5) is 14.5 Å². The monoisotopic (exact) mass is 397 g/mol. The second kappa shape index (κ2) is 8.01. The standard InChI is InChI=1S/C17H14BrF2NO3/c1-10(17(23)21-16-13(19)3-2-4-14(16)20)24-15(22)9-11-5-7-12(18)8-6-11/h2-8,10H,9H2,1H3,(H,21,23). The van der Waals surface area contributed by atoms with Gasteiger partial charge in [-0.3, -0.25) is 9.59 Å². The van der Waals surface area contributed by atoms with E-state index in [9.17, 15) is 18.4 Å². The van der Waals surface area contributed by atoms with Gasteiger partial charge in [-0.15, -0.1) is 0 Å². The number of carbonyl (C=O) groups excluding carboxylic acids is 2. The van der Waals surface area contributed by atoms with Crippen LogP contribution < -0.4 is 5.32 Å². The number of anilines is 1. The number of hydrogen-bond donors (Lipinski definition) is 1. The molecule has 0 aromatic heterocycles. The average molecular weight is 398 g/mol. The first kappa shape index (κ1) is 18.1. The van der Waals surface area contributed by atoms with Crippen molar-refractivity contribution in [1.82, 2.24) is 0 Å². The van der Waals surface area contributed by atoms with E-state index in [0.717, 1.165) is 22.2 Å². The minimum absolute atomic E-state index is 0.0149. The highest BCUT2D eigenvalue weighted by atomic mass is 79.9. The van der Waals surface area contributed by atoms with Crippen LogP contribution in [0.1, 0.15) is 12.5 Å². The van der Waals surface area contributed by atoms with Gasteiger partial charge in [-0.05, 0) is 36.8 Å². The van der Waals surface area contributed by atoms with Gasteiger partial charge in [0, 0.05) is 4.47 Å². The molecule has 0 spiro atoms. The van der Waals surface area contributed by atoms with Crippen LogP contribution in [-0.2, 0) is 20.7 Å². The summed E-state index contributed by atoms with van der Waals surface area (Å²) in [7, 11) is 0. The molecule has 2 rings (SSSR count). The maximum atomic E-state index is 13.5. The Balaban J connectivity index is 1.93. The van der Waals surface area contributed by atoms with E-state index in [-0.39, 0.29) is 6.42 Å². The zero-order valence-corrected chi connectivity index (χ0v) is 14.3. The summed E-state index contributed by atoms with van der Waals surface area (Å²) in [4.78, 5) is 23.8. The van der Waals surface area contributed by atoms with Crippen molar-refractivity contribution in [3.05, 3.63) is 64.1 Å². The van der Waals surface area contributed by atoms with Crippen LogP contribution in [0.25, 0.3) is 0 Å². The third-order valence-electron chi connectivity index (χ3n) is 3.15. The quantitative estimate of drug-likeness (QED) is 0.779. The smallest absolute Gasteiger partial charge is 0.311 e. The van der Waals surface area contributed by atoms with Crippen molar-refractivity contribution in [2.45, 2.75) is 19.4 Å². The molecule has 0 heterocycles. The predicted octanol–water partition coefficient (Wildman–Crippen LogP) is 3.84. The first-order chi connectivity index (χ1) is 11.4. The molecule has 0 saturated heterocycles. The molecular weight excluding hydrogens is 384 g/mol. The van der Waals surface area contributed by atoms with Crippen molar-refractivity contribution in [2.75, 3.05) is 5.32 Å². The third kappa shape index (κ3) is 4.86. The van der Waals surface area contributed by atoms with Gasteiger partial charge in [0.05, 0.1) is 6.42 Å². The molecule has 2 aromatic rings. The number of nitrogens with one attached hydrogen (secondary N) is 1. The van der Waals surface area contributed by atoms with E-state index in [1.807, 2.05) is 0 Å². The number of para-hydroxylation sites is 1. The van der Waals surface area contributed by atoms with Crippen LogP contribution in [0.5, 0.6) is 0 Å². The lowest BCUT2D eigenvalue weighted by atomic mass is 10.1. The van der Waals surface area contributed by atoms with Crippen molar-refractivity contribution in [1.29, 1.82) is 0 Å². The Morgan fingerprint density at radius 2 is 1.71 bits per heavy atom. The van der Waals surface area contributed by atoms with Crippen LogP contribution in [0.2, 0.25) is 0 Å². The van der Waals surface area contributed by atoms with Crippen molar-refractivity contribution in [2.24, 2.45) is 0 Å². The molecule has 4 nitrogen and oxygen atoms in total. The topological polar surface area (TPSA) is 55.4 Å².